The lowest BCUT2D eigenvalue weighted by atomic mass is 10.1. The van der Waals surface area contributed by atoms with E-state index in [4.69, 9.17) is 0 Å². The van der Waals surface area contributed by atoms with Gasteiger partial charge < -0.3 is 0 Å². The number of anilines is 1. The van der Waals surface area contributed by atoms with Crippen molar-refractivity contribution in [1.82, 2.24) is 0 Å². The van der Waals surface area contributed by atoms with Crippen LogP contribution in [0.2, 0.25) is 0 Å². The maximum atomic E-state index is 11.2. The van der Waals surface area contributed by atoms with Gasteiger partial charge in [0.25, 0.3) is 0 Å². The first-order valence-corrected chi connectivity index (χ1v) is 6.23. The molecule has 1 aliphatic heterocycles. The first kappa shape index (κ1) is 11.8. The third-order valence-corrected chi connectivity index (χ3v) is 3.03. The highest BCUT2D eigenvalue weighted by Crippen LogP contribution is 2.11. The van der Waals surface area contributed by atoms with E-state index >= 15 is 0 Å². The maximum absolute atomic E-state index is 11.2. The van der Waals surface area contributed by atoms with Crippen molar-refractivity contribution in [3.8, 4) is 0 Å². The predicted octanol–water partition coefficient (Wildman–Crippen LogP) is 1.35. The van der Waals surface area contributed by atoms with E-state index in [9.17, 15) is 4.79 Å². The summed E-state index contributed by atoms with van der Waals surface area (Å²) >= 11 is 0. The third-order valence-electron chi connectivity index (χ3n) is 3.03. The van der Waals surface area contributed by atoms with E-state index in [0.717, 1.165) is 24.2 Å². The fourth-order valence-corrected chi connectivity index (χ4v) is 2.00. The van der Waals surface area contributed by atoms with Gasteiger partial charge in [-0.15, -0.1) is 0 Å². The van der Waals surface area contributed by atoms with Gasteiger partial charge in [-0.25, -0.2) is 5.32 Å². The number of carbonyl (C=O) groups is 1. The van der Waals surface area contributed by atoms with Crippen molar-refractivity contribution in [3.05, 3.63) is 29.8 Å². The molecule has 17 heavy (non-hydrogen) atoms. The van der Waals surface area contributed by atoms with Gasteiger partial charge in [-0.05, 0) is 50.5 Å². The van der Waals surface area contributed by atoms with Crippen molar-refractivity contribution >= 4 is 17.3 Å². The van der Waals surface area contributed by atoms with Crippen LogP contribution in [0.15, 0.2) is 24.3 Å². The molecule has 1 aliphatic rings. The highest BCUT2D eigenvalue weighted by molar-refractivity contribution is 5.95. The minimum absolute atomic E-state index is 0.108. The van der Waals surface area contributed by atoms with E-state index < -0.39 is 0 Å². The number of carbonyl (C=O) groups excluding carboxylic acids is 1. The Bertz CT molecular complexity index is 420. The molecule has 0 spiro atoms. The first-order valence-electron chi connectivity index (χ1n) is 6.23. The standard InChI is InChI=1S/C14H18N2O/c1-11(17)12-6-8-13(9-7-12)16-14-5-3-2-4-10-15-14/h6-9H,2-5,10H2,1H3,(H,15,16)/p+1. The minimum atomic E-state index is 0.108. The van der Waals surface area contributed by atoms with E-state index in [1.165, 1.54) is 25.1 Å². The summed E-state index contributed by atoms with van der Waals surface area (Å²) in [5.74, 6) is 1.30. The summed E-state index contributed by atoms with van der Waals surface area (Å²) in [7, 11) is 0. The second kappa shape index (κ2) is 5.62. The highest BCUT2D eigenvalue weighted by atomic mass is 16.1. The molecule has 0 radical (unpaired) electrons. The summed E-state index contributed by atoms with van der Waals surface area (Å²) < 4.78 is 0. The van der Waals surface area contributed by atoms with Crippen molar-refractivity contribution in [3.63, 3.8) is 0 Å². The number of hydrogen-bond donors (Lipinski definition) is 2. The van der Waals surface area contributed by atoms with Crippen molar-refractivity contribution < 1.29 is 9.79 Å². The molecule has 0 atom stereocenters. The molecule has 90 valence electrons. The summed E-state index contributed by atoms with van der Waals surface area (Å²) in [6, 6.07) is 7.64. The summed E-state index contributed by atoms with van der Waals surface area (Å²) in [6.45, 7) is 2.64. The second-order valence-corrected chi connectivity index (χ2v) is 4.47. The topological polar surface area (TPSA) is 43.1 Å². The number of nitrogens with one attached hydrogen (secondary N) is 2. The Balaban J connectivity index is 2.03. The Kier molecular flexibility index (Phi) is 3.91. The van der Waals surface area contributed by atoms with Gasteiger partial charge >= 0.3 is 0 Å². The van der Waals surface area contributed by atoms with Gasteiger partial charge in [-0.3, -0.25) is 9.79 Å². The van der Waals surface area contributed by atoms with E-state index in [1.807, 2.05) is 24.3 Å². The van der Waals surface area contributed by atoms with Gasteiger partial charge in [0, 0.05) is 12.0 Å². The summed E-state index contributed by atoms with van der Waals surface area (Å²) in [4.78, 5) is 14.6. The van der Waals surface area contributed by atoms with Crippen molar-refractivity contribution in [2.24, 2.45) is 0 Å². The molecule has 0 unspecified atom stereocenters. The fourth-order valence-electron chi connectivity index (χ4n) is 2.00. The number of Topliss-reactive ketones (excluding diaryl/α,β-unsaturated/α-hetero) is 1. The Morgan fingerprint density at radius 1 is 1.18 bits per heavy atom. The lowest BCUT2D eigenvalue weighted by Crippen LogP contribution is -2.74. The minimum Gasteiger partial charge on any atom is -0.295 e. The first-order chi connectivity index (χ1) is 8.25. The molecule has 0 amide bonds. The lowest BCUT2D eigenvalue weighted by molar-refractivity contribution is -0.457. The zero-order valence-electron chi connectivity index (χ0n) is 10.3. The molecule has 1 aromatic rings. The number of hydrogen-bond acceptors (Lipinski definition) is 2. The summed E-state index contributed by atoms with van der Waals surface area (Å²) in [5, 5.41) is 3.38. The molecule has 0 fully saturated rings. The molecular weight excluding hydrogens is 212 g/mol. The van der Waals surface area contributed by atoms with Gasteiger partial charge in [0.15, 0.2) is 5.78 Å². The van der Waals surface area contributed by atoms with Crippen LogP contribution in [-0.2, 0) is 0 Å². The van der Waals surface area contributed by atoms with Gasteiger partial charge in [-0.1, -0.05) is 0 Å². The van der Waals surface area contributed by atoms with Gasteiger partial charge in [0.1, 0.15) is 5.69 Å². The molecular formula is C14H19N2O+. The Hall–Kier alpha value is -1.64. The fraction of sp³-hybridized carbons (Fsp3) is 0.429. The zero-order valence-corrected chi connectivity index (χ0v) is 10.3. The molecule has 2 N–H and O–H groups in total. The van der Waals surface area contributed by atoms with Crippen LogP contribution in [0.25, 0.3) is 0 Å². The molecule has 0 bridgehead atoms. The second-order valence-electron chi connectivity index (χ2n) is 4.47. The van der Waals surface area contributed by atoms with Crippen LogP contribution in [0.4, 0.5) is 5.69 Å². The third kappa shape index (κ3) is 3.41. The molecule has 1 heterocycles. The normalized spacial score (nSPS) is 15.9. The molecule has 0 aromatic heterocycles. The van der Waals surface area contributed by atoms with Crippen molar-refractivity contribution in [2.45, 2.75) is 32.6 Å². The molecule has 2 rings (SSSR count). The van der Waals surface area contributed by atoms with E-state index in [0.29, 0.717) is 0 Å². The Morgan fingerprint density at radius 3 is 2.65 bits per heavy atom. The summed E-state index contributed by atoms with van der Waals surface area (Å²) in [5.41, 5.74) is 1.80. The maximum Gasteiger partial charge on any atom is 0.247 e. The average molecular weight is 231 g/mol. The number of amidine groups is 1. The number of ketones is 1. The quantitative estimate of drug-likeness (QED) is 0.755. The van der Waals surface area contributed by atoms with Gasteiger partial charge in [0.2, 0.25) is 5.84 Å². The molecule has 0 saturated heterocycles. The predicted molar refractivity (Wildman–Crippen MR) is 69.4 cm³/mol. The lowest BCUT2D eigenvalue weighted by Gasteiger charge is -2.01. The number of benzene rings is 1. The Morgan fingerprint density at radius 2 is 1.94 bits per heavy atom. The van der Waals surface area contributed by atoms with Crippen LogP contribution < -0.4 is 10.3 Å². The van der Waals surface area contributed by atoms with Gasteiger partial charge in [-0.2, -0.15) is 0 Å². The molecule has 0 aliphatic carbocycles. The van der Waals surface area contributed by atoms with Crippen LogP contribution in [0.1, 0.15) is 43.0 Å². The molecule has 1 aromatic carbocycles. The Labute approximate surface area is 102 Å². The van der Waals surface area contributed by atoms with E-state index in [1.54, 1.807) is 6.92 Å². The van der Waals surface area contributed by atoms with Crippen LogP contribution in [0.5, 0.6) is 0 Å². The number of rotatable bonds is 2. The van der Waals surface area contributed by atoms with Crippen LogP contribution >= 0.6 is 0 Å². The average Bonchev–Trinajstić information content (AvgIpc) is 2.58. The monoisotopic (exact) mass is 231 g/mol. The SMILES string of the molecule is CC(=O)c1ccc(NC2=[NH+]CCCCC2)cc1. The zero-order chi connectivity index (χ0) is 12.1. The van der Waals surface area contributed by atoms with Crippen LogP contribution in [-0.4, -0.2) is 18.2 Å². The smallest absolute Gasteiger partial charge is 0.247 e. The van der Waals surface area contributed by atoms with Crippen LogP contribution in [0.3, 0.4) is 0 Å². The van der Waals surface area contributed by atoms with E-state index in [2.05, 4.69) is 10.3 Å². The van der Waals surface area contributed by atoms with Crippen molar-refractivity contribution in [2.75, 3.05) is 11.9 Å². The van der Waals surface area contributed by atoms with Crippen molar-refractivity contribution in [1.29, 1.82) is 0 Å². The largest absolute Gasteiger partial charge is 0.295 e. The molecule has 0 saturated carbocycles. The molecule has 3 heteroatoms. The van der Waals surface area contributed by atoms with E-state index in [-0.39, 0.29) is 5.78 Å². The molecule has 3 nitrogen and oxygen atoms in total. The summed E-state index contributed by atoms with van der Waals surface area (Å²) in [6.07, 6.45) is 4.85. The van der Waals surface area contributed by atoms with Gasteiger partial charge in [0.05, 0.1) is 6.54 Å². The van der Waals surface area contributed by atoms with Crippen LogP contribution in [0, 0.1) is 0 Å². The highest BCUT2D eigenvalue weighted by Gasteiger charge is 2.10.